The summed E-state index contributed by atoms with van der Waals surface area (Å²) >= 11 is 0. The molecule has 0 radical (unpaired) electrons. The zero-order valence-corrected chi connectivity index (χ0v) is 14.1. The van der Waals surface area contributed by atoms with Gasteiger partial charge in [-0.15, -0.1) is 0 Å². The van der Waals surface area contributed by atoms with Crippen molar-refractivity contribution in [3.8, 4) is 0 Å². The predicted octanol–water partition coefficient (Wildman–Crippen LogP) is 4.45. The summed E-state index contributed by atoms with van der Waals surface area (Å²) in [5.41, 5.74) is -0.516. The molecule has 6 heteroatoms. The number of halogens is 2. The van der Waals surface area contributed by atoms with Gasteiger partial charge in [-0.1, -0.05) is 31.2 Å². The fraction of sp³-hybridized carbons (Fsp3) is 0.529. The first-order valence-electron chi connectivity index (χ1n) is 7.45. The molecule has 0 spiro atoms. The van der Waals surface area contributed by atoms with Crippen LogP contribution in [0.15, 0.2) is 24.3 Å². The highest BCUT2D eigenvalue weighted by molar-refractivity contribution is 6.01. The summed E-state index contributed by atoms with van der Waals surface area (Å²) in [5.74, 6) is -0.304. The van der Waals surface area contributed by atoms with Gasteiger partial charge in [-0.05, 0) is 27.2 Å². The minimum atomic E-state index is -2.58. The molecule has 0 aromatic heterocycles. The van der Waals surface area contributed by atoms with Crippen LogP contribution in [0.5, 0.6) is 0 Å². The average Bonchev–Trinajstić information content (AvgIpc) is 2.46. The van der Waals surface area contributed by atoms with Gasteiger partial charge in [0.25, 0.3) is 6.43 Å². The summed E-state index contributed by atoms with van der Waals surface area (Å²) in [6.07, 6.45) is -2.78. The van der Waals surface area contributed by atoms with Crippen LogP contribution in [0, 0.1) is 0 Å². The number of rotatable bonds is 5. The smallest absolute Gasteiger partial charge is 0.410 e. The van der Waals surface area contributed by atoms with Crippen LogP contribution in [0.1, 0.15) is 56.5 Å². The van der Waals surface area contributed by atoms with E-state index in [-0.39, 0.29) is 16.9 Å². The third-order valence-corrected chi connectivity index (χ3v) is 3.29. The van der Waals surface area contributed by atoms with Gasteiger partial charge in [-0.25, -0.2) is 13.6 Å². The zero-order valence-electron chi connectivity index (χ0n) is 14.1. The summed E-state index contributed by atoms with van der Waals surface area (Å²) < 4.78 is 30.4. The molecule has 1 atom stereocenters. The quantitative estimate of drug-likeness (QED) is 0.751. The van der Waals surface area contributed by atoms with Crippen LogP contribution in [-0.2, 0) is 4.74 Å². The number of nitrogens with zero attached hydrogens (tertiary/aromatic N) is 1. The number of likely N-dealkylation sites (N-methyl/N-ethyl adjacent to an activating group) is 1. The minimum absolute atomic E-state index is 0.143. The maximum Gasteiger partial charge on any atom is 0.410 e. The van der Waals surface area contributed by atoms with E-state index in [4.69, 9.17) is 4.74 Å². The van der Waals surface area contributed by atoms with Gasteiger partial charge in [0, 0.05) is 18.2 Å². The van der Waals surface area contributed by atoms with Gasteiger partial charge in [-0.2, -0.15) is 0 Å². The Bertz CT molecular complexity index is 550. The summed E-state index contributed by atoms with van der Waals surface area (Å²) in [7, 11) is 1.49. The molecular weight excluding hydrogens is 304 g/mol. The normalized spacial score (nSPS) is 12.9. The largest absolute Gasteiger partial charge is 0.444 e. The lowest BCUT2D eigenvalue weighted by atomic mass is 10.00. The molecule has 0 saturated carbocycles. The number of amides is 1. The molecule has 1 amide bonds. The first-order chi connectivity index (χ1) is 10.6. The van der Waals surface area contributed by atoms with Crippen molar-refractivity contribution in [1.82, 2.24) is 4.90 Å². The van der Waals surface area contributed by atoms with Gasteiger partial charge in [-0.3, -0.25) is 4.79 Å². The van der Waals surface area contributed by atoms with Crippen LogP contribution < -0.4 is 0 Å². The van der Waals surface area contributed by atoms with Crippen LogP contribution in [0.4, 0.5) is 13.6 Å². The Morgan fingerprint density at radius 2 is 1.70 bits per heavy atom. The molecule has 1 rings (SSSR count). The second-order valence-electron chi connectivity index (χ2n) is 6.30. The first-order valence-corrected chi connectivity index (χ1v) is 7.45. The van der Waals surface area contributed by atoms with Crippen molar-refractivity contribution in [3.63, 3.8) is 0 Å². The van der Waals surface area contributed by atoms with Gasteiger partial charge >= 0.3 is 6.09 Å². The number of hydrogen-bond acceptors (Lipinski definition) is 3. The molecule has 1 aromatic carbocycles. The first kappa shape index (κ1) is 19.1. The molecule has 0 aliphatic rings. The van der Waals surface area contributed by atoms with E-state index in [1.807, 2.05) is 0 Å². The number of Topliss-reactive ketones (excluding diaryl/α,β-unsaturated/α-hetero) is 1. The fourth-order valence-corrected chi connectivity index (χ4v) is 2.08. The third kappa shape index (κ3) is 5.30. The summed E-state index contributed by atoms with van der Waals surface area (Å²) in [4.78, 5) is 25.9. The van der Waals surface area contributed by atoms with Crippen molar-refractivity contribution in [1.29, 1.82) is 0 Å². The van der Waals surface area contributed by atoms with E-state index < -0.39 is 24.2 Å². The molecule has 23 heavy (non-hydrogen) atoms. The molecule has 0 aliphatic heterocycles. The number of carbonyl (C=O) groups excluding carboxylic acids is 2. The van der Waals surface area contributed by atoms with E-state index in [1.165, 1.54) is 36.2 Å². The number of hydrogen-bond donors (Lipinski definition) is 0. The van der Waals surface area contributed by atoms with Gasteiger partial charge in [0.05, 0.1) is 6.04 Å². The van der Waals surface area contributed by atoms with Crippen molar-refractivity contribution < 1.29 is 23.1 Å². The maximum absolute atomic E-state index is 12.6. The lowest BCUT2D eigenvalue weighted by molar-refractivity contribution is 0.0214. The molecule has 0 saturated heterocycles. The van der Waals surface area contributed by atoms with Crippen molar-refractivity contribution in [2.24, 2.45) is 0 Å². The second kappa shape index (κ2) is 7.53. The van der Waals surface area contributed by atoms with Gasteiger partial charge in [0.2, 0.25) is 0 Å². The van der Waals surface area contributed by atoms with Crippen LogP contribution in [0.25, 0.3) is 0 Å². The Hall–Kier alpha value is -1.98. The monoisotopic (exact) mass is 327 g/mol. The van der Waals surface area contributed by atoms with E-state index >= 15 is 0 Å². The van der Waals surface area contributed by atoms with Crippen molar-refractivity contribution >= 4 is 11.9 Å². The minimum Gasteiger partial charge on any atom is -0.444 e. The summed E-state index contributed by atoms with van der Waals surface area (Å²) in [6.45, 7) is 7.00. The topological polar surface area (TPSA) is 46.6 Å². The van der Waals surface area contributed by atoms with Crippen LogP contribution >= 0.6 is 0 Å². The number of alkyl halides is 2. The van der Waals surface area contributed by atoms with Crippen LogP contribution in [0.2, 0.25) is 0 Å². The zero-order chi connectivity index (χ0) is 17.8. The highest BCUT2D eigenvalue weighted by Gasteiger charge is 2.29. The molecule has 0 fully saturated rings. The molecule has 0 aliphatic carbocycles. The summed E-state index contributed by atoms with van der Waals surface area (Å²) in [6, 6.07) is 4.45. The number of ketones is 1. The van der Waals surface area contributed by atoms with Gasteiger partial charge < -0.3 is 9.64 Å². The van der Waals surface area contributed by atoms with E-state index in [2.05, 4.69) is 0 Å². The van der Waals surface area contributed by atoms with E-state index in [0.29, 0.717) is 6.42 Å². The Labute approximate surface area is 135 Å². The van der Waals surface area contributed by atoms with Crippen LogP contribution in [-0.4, -0.2) is 35.5 Å². The number of ether oxygens (including phenoxy) is 1. The Kier molecular flexibility index (Phi) is 6.24. The average molecular weight is 327 g/mol. The van der Waals surface area contributed by atoms with Crippen molar-refractivity contribution in [2.45, 2.75) is 52.2 Å². The van der Waals surface area contributed by atoms with Gasteiger partial charge in [0.15, 0.2) is 5.78 Å². The molecule has 1 aromatic rings. The Morgan fingerprint density at radius 1 is 1.17 bits per heavy atom. The molecule has 0 N–H and O–H groups in total. The molecule has 128 valence electrons. The molecule has 0 heterocycles. The van der Waals surface area contributed by atoms with Gasteiger partial charge in [0.1, 0.15) is 5.60 Å². The maximum atomic E-state index is 12.6. The highest BCUT2D eigenvalue weighted by atomic mass is 19.3. The predicted molar refractivity (Wildman–Crippen MR) is 83.8 cm³/mol. The Balaban J connectivity index is 2.91. The molecule has 4 nitrogen and oxygen atoms in total. The highest BCUT2D eigenvalue weighted by Crippen LogP contribution is 2.21. The lowest BCUT2D eigenvalue weighted by Gasteiger charge is -2.29. The van der Waals surface area contributed by atoms with E-state index in [9.17, 15) is 18.4 Å². The Morgan fingerprint density at radius 3 is 2.09 bits per heavy atom. The molecule has 1 unspecified atom stereocenters. The standard InChI is InChI=1S/C17H23F2NO3/c1-6-13(20(5)16(22)23-17(2,3)4)14(21)11-7-9-12(10-8-11)15(18)19/h7-10,13,15H,6H2,1-5H3. The van der Waals surface area contributed by atoms with E-state index in [0.717, 1.165) is 0 Å². The van der Waals surface area contributed by atoms with Crippen molar-refractivity contribution in [3.05, 3.63) is 35.4 Å². The fourth-order valence-electron chi connectivity index (χ4n) is 2.08. The van der Waals surface area contributed by atoms with Crippen molar-refractivity contribution in [2.75, 3.05) is 7.05 Å². The third-order valence-electron chi connectivity index (χ3n) is 3.29. The molecule has 0 bridgehead atoms. The number of benzene rings is 1. The molecular formula is C17H23F2NO3. The summed E-state index contributed by atoms with van der Waals surface area (Å²) in [5, 5.41) is 0. The number of carbonyl (C=O) groups is 2. The second-order valence-corrected chi connectivity index (χ2v) is 6.30. The van der Waals surface area contributed by atoms with Crippen LogP contribution in [0.3, 0.4) is 0 Å². The lowest BCUT2D eigenvalue weighted by Crippen LogP contribution is -2.44. The van der Waals surface area contributed by atoms with E-state index in [1.54, 1.807) is 27.7 Å². The SMILES string of the molecule is CCC(C(=O)c1ccc(C(F)F)cc1)N(C)C(=O)OC(C)(C)C.